The van der Waals surface area contributed by atoms with Gasteiger partial charge in [-0.15, -0.1) is 0 Å². The van der Waals surface area contributed by atoms with Gasteiger partial charge in [-0.25, -0.2) is 0 Å². The first-order valence-corrected chi connectivity index (χ1v) is 5.82. The minimum absolute atomic E-state index is 0.873. The van der Waals surface area contributed by atoms with Gasteiger partial charge in [-0.1, -0.05) is 12.1 Å². The van der Waals surface area contributed by atoms with Gasteiger partial charge in [0.15, 0.2) is 0 Å². The third-order valence-corrected chi connectivity index (χ3v) is 2.99. The lowest BCUT2D eigenvalue weighted by Crippen LogP contribution is -2.09. The molecule has 4 heteroatoms. The molecular formula is C12H14N2OS. The molecule has 0 radical (unpaired) electrons. The maximum Gasteiger partial charge on any atom is 0.149 e. The normalized spacial score (nSPS) is 10.2. The highest BCUT2D eigenvalue weighted by molar-refractivity contribution is 7.04. The average Bonchev–Trinajstić information content (AvgIpc) is 2.78. The molecule has 0 aliphatic rings. The molecule has 0 unspecified atom stereocenters. The molecule has 16 heavy (non-hydrogen) atoms. The largest absolute Gasteiger partial charge is 0.497 e. The molecule has 0 aliphatic carbocycles. The van der Waals surface area contributed by atoms with Crippen molar-refractivity contribution >= 4 is 17.4 Å². The molecule has 1 aromatic carbocycles. The van der Waals surface area contributed by atoms with Gasteiger partial charge in [0.05, 0.1) is 7.11 Å². The van der Waals surface area contributed by atoms with E-state index in [0.717, 1.165) is 17.1 Å². The Bertz CT molecular complexity index is 462. The molecule has 84 valence electrons. The minimum Gasteiger partial charge on any atom is -0.497 e. The summed E-state index contributed by atoms with van der Waals surface area (Å²) in [5, 5.41) is 2.07. The van der Waals surface area contributed by atoms with Gasteiger partial charge >= 0.3 is 0 Å². The third kappa shape index (κ3) is 2.02. The second-order valence-corrected chi connectivity index (χ2v) is 4.30. The first-order chi connectivity index (χ1) is 7.72. The van der Waals surface area contributed by atoms with Crippen molar-refractivity contribution in [2.75, 3.05) is 26.1 Å². The minimum atomic E-state index is 0.873. The van der Waals surface area contributed by atoms with E-state index in [2.05, 4.69) is 21.9 Å². The maximum absolute atomic E-state index is 5.14. The Kier molecular flexibility index (Phi) is 3.10. The lowest BCUT2D eigenvalue weighted by atomic mass is 10.1. The number of methoxy groups -OCH3 is 1. The topological polar surface area (TPSA) is 25.4 Å². The molecule has 0 amide bonds. The molecule has 0 aliphatic heterocycles. The second kappa shape index (κ2) is 4.53. The Morgan fingerprint density at radius 1 is 1.19 bits per heavy atom. The van der Waals surface area contributed by atoms with Crippen molar-refractivity contribution in [2.24, 2.45) is 0 Å². The lowest BCUT2D eigenvalue weighted by Gasteiger charge is -2.11. The molecule has 2 aromatic rings. The van der Waals surface area contributed by atoms with Gasteiger partial charge in [-0.2, -0.15) is 4.37 Å². The summed E-state index contributed by atoms with van der Waals surface area (Å²) in [6.07, 6.45) is 0. The number of benzene rings is 1. The molecule has 0 saturated carbocycles. The van der Waals surface area contributed by atoms with E-state index in [1.807, 2.05) is 31.1 Å². The summed E-state index contributed by atoms with van der Waals surface area (Å²) in [6, 6.07) is 8.03. The van der Waals surface area contributed by atoms with E-state index in [1.54, 1.807) is 7.11 Å². The number of ether oxygens (including phenoxy) is 1. The Balaban J connectivity index is 2.38. The van der Waals surface area contributed by atoms with Gasteiger partial charge in [0.1, 0.15) is 11.6 Å². The van der Waals surface area contributed by atoms with Crippen LogP contribution in [0.15, 0.2) is 29.6 Å². The quantitative estimate of drug-likeness (QED) is 0.816. The Hall–Kier alpha value is -1.55. The summed E-state index contributed by atoms with van der Waals surface area (Å²) in [7, 11) is 5.68. The van der Waals surface area contributed by atoms with Crippen LogP contribution in [-0.2, 0) is 0 Å². The summed E-state index contributed by atoms with van der Waals surface area (Å²) in [5.41, 5.74) is 2.33. The van der Waals surface area contributed by atoms with Crippen molar-refractivity contribution in [3.05, 3.63) is 29.6 Å². The van der Waals surface area contributed by atoms with Crippen LogP contribution >= 0.6 is 11.5 Å². The number of rotatable bonds is 3. The van der Waals surface area contributed by atoms with Gasteiger partial charge < -0.3 is 9.64 Å². The molecule has 0 spiro atoms. The fourth-order valence-corrected chi connectivity index (χ4v) is 2.28. The average molecular weight is 234 g/mol. The van der Waals surface area contributed by atoms with E-state index in [-0.39, 0.29) is 0 Å². The highest BCUT2D eigenvalue weighted by Gasteiger charge is 2.09. The number of hydrogen-bond acceptors (Lipinski definition) is 4. The van der Waals surface area contributed by atoms with E-state index >= 15 is 0 Å². The van der Waals surface area contributed by atoms with Crippen molar-refractivity contribution < 1.29 is 4.74 Å². The van der Waals surface area contributed by atoms with Crippen molar-refractivity contribution in [3.63, 3.8) is 0 Å². The zero-order valence-corrected chi connectivity index (χ0v) is 10.4. The van der Waals surface area contributed by atoms with Crippen molar-refractivity contribution in [2.45, 2.75) is 0 Å². The van der Waals surface area contributed by atoms with Crippen LogP contribution in [0.1, 0.15) is 0 Å². The first-order valence-electron chi connectivity index (χ1n) is 4.98. The van der Waals surface area contributed by atoms with Gasteiger partial charge in [0.2, 0.25) is 0 Å². The van der Waals surface area contributed by atoms with Gasteiger partial charge in [-0.05, 0) is 29.2 Å². The van der Waals surface area contributed by atoms with Crippen LogP contribution in [0.4, 0.5) is 5.82 Å². The predicted octanol–water partition coefficient (Wildman–Crippen LogP) is 2.88. The van der Waals surface area contributed by atoms with E-state index in [0.29, 0.717) is 0 Å². The number of anilines is 1. The van der Waals surface area contributed by atoms with Crippen LogP contribution in [0.2, 0.25) is 0 Å². The molecule has 0 fully saturated rings. The predicted molar refractivity (Wildman–Crippen MR) is 68.4 cm³/mol. The third-order valence-electron chi connectivity index (χ3n) is 2.38. The highest BCUT2D eigenvalue weighted by Crippen LogP contribution is 2.31. The summed E-state index contributed by atoms with van der Waals surface area (Å²) in [5.74, 6) is 1.88. The summed E-state index contributed by atoms with van der Waals surface area (Å²) in [6.45, 7) is 0. The van der Waals surface area contributed by atoms with Crippen LogP contribution in [-0.4, -0.2) is 25.6 Å². The number of nitrogens with zero attached hydrogens (tertiary/aromatic N) is 2. The van der Waals surface area contributed by atoms with Crippen molar-refractivity contribution in [1.82, 2.24) is 4.37 Å². The Labute approximate surface area is 99.5 Å². The first kappa shape index (κ1) is 11.0. The van der Waals surface area contributed by atoms with Crippen molar-refractivity contribution in [1.29, 1.82) is 0 Å². The zero-order chi connectivity index (χ0) is 11.5. The summed E-state index contributed by atoms with van der Waals surface area (Å²) >= 11 is 1.48. The molecule has 0 bridgehead atoms. The molecule has 1 heterocycles. The number of hydrogen-bond donors (Lipinski definition) is 0. The van der Waals surface area contributed by atoms with Gasteiger partial charge in [0.25, 0.3) is 0 Å². The molecule has 0 atom stereocenters. The zero-order valence-electron chi connectivity index (χ0n) is 9.60. The van der Waals surface area contributed by atoms with Crippen LogP contribution < -0.4 is 9.64 Å². The smallest absolute Gasteiger partial charge is 0.149 e. The van der Waals surface area contributed by atoms with Gasteiger partial charge in [-0.3, -0.25) is 0 Å². The Morgan fingerprint density at radius 2 is 1.88 bits per heavy atom. The second-order valence-electron chi connectivity index (χ2n) is 3.67. The summed E-state index contributed by atoms with van der Waals surface area (Å²) < 4.78 is 9.51. The monoisotopic (exact) mass is 234 g/mol. The van der Waals surface area contributed by atoms with Crippen molar-refractivity contribution in [3.8, 4) is 16.9 Å². The van der Waals surface area contributed by atoms with E-state index < -0.39 is 0 Å². The van der Waals surface area contributed by atoms with Crippen LogP contribution in [0.5, 0.6) is 5.75 Å². The molecule has 0 N–H and O–H groups in total. The summed E-state index contributed by atoms with van der Waals surface area (Å²) in [4.78, 5) is 2.02. The highest BCUT2D eigenvalue weighted by atomic mass is 32.1. The van der Waals surface area contributed by atoms with E-state index in [9.17, 15) is 0 Å². The lowest BCUT2D eigenvalue weighted by molar-refractivity contribution is 0.415. The molecule has 0 saturated heterocycles. The Morgan fingerprint density at radius 3 is 2.44 bits per heavy atom. The molecular weight excluding hydrogens is 220 g/mol. The molecule has 1 aromatic heterocycles. The van der Waals surface area contributed by atoms with Gasteiger partial charge in [0, 0.05) is 25.0 Å². The fraction of sp³-hybridized carbons (Fsp3) is 0.250. The molecule has 3 nitrogen and oxygen atoms in total. The maximum atomic E-state index is 5.14. The van der Waals surface area contributed by atoms with E-state index in [4.69, 9.17) is 4.74 Å². The van der Waals surface area contributed by atoms with Crippen LogP contribution in [0, 0.1) is 0 Å². The SMILES string of the molecule is COc1ccc(-c2csnc2N(C)C)cc1. The standard InChI is InChI=1S/C12H14N2OS/c1-14(2)12-11(8-16-13-12)9-4-6-10(15-3)7-5-9/h4-8H,1-3H3. The molecule has 2 rings (SSSR count). The number of aromatic nitrogens is 1. The van der Waals surface area contributed by atoms with Crippen LogP contribution in [0.25, 0.3) is 11.1 Å². The van der Waals surface area contributed by atoms with Crippen LogP contribution in [0.3, 0.4) is 0 Å². The fourth-order valence-electron chi connectivity index (χ4n) is 1.52. The van der Waals surface area contributed by atoms with E-state index in [1.165, 1.54) is 17.1 Å².